The van der Waals surface area contributed by atoms with Gasteiger partial charge in [0.05, 0.1) is 11.9 Å². The van der Waals surface area contributed by atoms with E-state index < -0.39 is 0 Å². The second kappa shape index (κ2) is 6.47. The molecular formula is C11H17N5O. The van der Waals surface area contributed by atoms with Crippen molar-refractivity contribution in [1.82, 2.24) is 15.2 Å². The maximum Gasteiger partial charge on any atom is 0.324 e. The largest absolute Gasteiger partial charge is 0.369 e. The number of nitrogens with two attached hydrogens (primary N) is 1. The molecule has 1 rings (SSSR count). The number of aliphatic imine (C=N–C) groups is 1. The second-order valence-corrected chi connectivity index (χ2v) is 3.31. The Balaban J connectivity index is 2.63. The van der Waals surface area contributed by atoms with Gasteiger partial charge in [-0.1, -0.05) is 0 Å². The normalized spacial score (nSPS) is 11.1. The number of nitrogens with zero attached hydrogens (tertiary/aromatic N) is 3. The fourth-order valence-electron chi connectivity index (χ4n) is 1.29. The monoisotopic (exact) mass is 235 g/mol. The van der Waals surface area contributed by atoms with E-state index in [9.17, 15) is 4.79 Å². The molecule has 0 aliphatic heterocycles. The molecule has 0 radical (unpaired) electrons. The maximum atomic E-state index is 11.6. The molecule has 6 heteroatoms. The Kier molecular flexibility index (Phi) is 4.93. The molecule has 1 aromatic heterocycles. The molecule has 0 saturated carbocycles. The molecule has 0 aromatic carbocycles. The Bertz CT molecular complexity index is 386. The van der Waals surface area contributed by atoms with Crippen LogP contribution < -0.4 is 11.1 Å². The number of urea groups is 1. The van der Waals surface area contributed by atoms with E-state index in [-0.39, 0.29) is 12.0 Å². The van der Waals surface area contributed by atoms with E-state index in [1.807, 2.05) is 13.8 Å². The van der Waals surface area contributed by atoms with Gasteiger partial charge in [-0.05, 0) is 26.0 Å². The minimum Gasteiger partial charge on any atom is -0.369 e. The highest BCUT2D eigenvalue weighted by atomic mass is 16.2. The van der Waals surface area contributed by atoms with Crippen LogP contribution in [-0.2, 0) is 0 Å². The summed E-state index contributed by atoms with van der Waals surface area (Å²) in [5, 5.41) is 2.52. The van der Waals surface area contributed by atoms with Gasteiger partial charge in [0.25, 0.3) is 0 Å². The molecular weight excluding hydrogens is 218 g/mol. The minimum atomic E-state index is -0.250. The van der Waals surface area contributed by atoms with Crippen LogP contribution in [0.5, 0.6) is 0 Å². The number of amides is 2. The van der Waals surface area contributed by atoms with Crippen molar-refractivity contribution in [3.05, 3.63) is 24.5 Å². The molecule has 3 N–H and O–H groups in total. The Morgan fingerprint density at radius 3 is 2.76 bits per heavy atom. The van der Waals surface area contributed by atoms with E-state index in [0.29, 0.717) is 18.8 Å². The predicted octanol–water partition coefficient (Wildman–Crippen LogP) is 1.08. The van der Waals surface area contributed by atoms with Gasteiger partial charge in [-0.15, -0.1) is 0 Å². The van der Waals surface area contributed by atoms with Crippen LogP contribution in [0.2, 0.25) is 0 Å². The molecule has 17 heavy (non-hydrogen) atoms. The summed E-state index contributed by atoms with van der Waals surface area (Å²) in [7, 11) is 0. The lowest BCUT2D eigenvalue weighted by Crippen LogP contribution is -2.45. The molecule has 2 amide bonds. The predicted molar refractivity (Wildman–Crippen MR) is 67.0 cm³/mol. The zero-order valence-corrected chi connectivity index (χ0v) is 10.1. The molecule has 0 bridgehead atoms. The van der Waals surface area contributed by atoms with Crippen LogP contribution in [0, 0.1) is 0 Å². The summed E-state index contributed by atoms with van der Waals surface area (Å²) in [5.41, 5.74) is 6.22. The fourth-order valence-corrected chi connectivity index (χ4v) is 1.29. The van der Waals surface area contributed by atoms with Crippen molar-refractivity contribution in [3.8, 4) is 0 Å². The molecule has 0 fully saturated rings. The number of hydrogen-bond donors (Lipinski definition) is 2. The summed E-state index contributed by atoms with van der Waals surface area (Å²) < 4.78 is 0. The summed E-state index contributed by atoms with van der Waals surface area (Å²) >= 11 is 0. The Morgan fingerprint density at radius 1 is 1.53 bits per heavy atom. The zero-order chi connectivity index (χ0) is 12.7. The van der Waals surface area contributed by atoms with Crippen molar-refractivity contribution < 1.29 is 4.79 Å². The molecule has 0 saturated heterocycles. The lowest BCUT2D eigenvalue weighted by molar-refractivity contribution is 0.208. The van der Waals surface area contributed by atoms with E-state index in [0.717, 1.165) is 0 Å². The molecule has 0 aliphatic rings. The van der Waals surface area contributed by atoms with Gasteiger partial charge in [0.15, 0.2) is 0 Å². The first kappa shape index (κ1) is 13.0. The first-order chi connectivity index (χ1) is 8.17. The van der Waals surface area contributed by atoms with Crippen molar-refractivity contribution in [2.24, 2.45) is 10.7 Å². The van der Waals surface area contributed by atoms with Crippen molar-refractivity contribution in [2.45, 2.75) is 13.8 Å². The third-order valence-electron chi connectivity index (χ3n) is 2.18. The maximum absolute atomic E-state index is 11.6. The number of carbonyl (C=O) groups is 1. The third kappa shape index (κ3) is 4.10. The van der Waals surface area contributed by atoms with Crippen molar-refractivity contribution in [1.29, 1.82) is 0 Å². The van der Waals surface area contributed by atoms with Gasteiger partial charge < -0.3 is 10.6 Å². The number of pyridine rings is 1. The SMILES string of the molecule is CCN(CC)C(=O)NC(N)=Nc1cccnc1. The highest BCUT2D eigenvalue weighted by molar-refractivity contribution is 5.96. The third-order valence-corrected chi connectivity index (χ3v) is 2.18. The van der Waals surface area contributed by atoms with Crippen molar-refractivity contribution >= 4 is 17.7 Å². The van der Waals surface area contributed by atoms with E-state index in [4.69, 9.17) is 5.73 Å². The van der Waals surface area contributed by atoms with Gasteiger partial charge in [0.2, 0.25) is 5.96 Å². The average molecular weight is 235 g/mol. The fraction of sp³-hybridized carbons (Fsp3) is 0.364. The molecule has 0 spiro atoms. The Labute approximate surface area is 101 Å². The standard InChI is InChI=1S/C11H17N5O/c1-3-16(4-2)11(17)15-10(12)14-9-6-5-7-13-8-9/h5-8H,3-4H2,1-2H3,(H3,12,14,15,17). The van der Waals surface area contributed by atoms with Gasteiger partial charge in [-0.3, -0.25) is 10.3 Å². The summed E-state index contributed by atoms with van der Waals surface area (Å²) in [6.45, 7) is 5.06. The number of hydrogen-bond acceptors (Lipinski definition) is 3. The van der Waals surface area contributed by atoms with E-state index in [2.05, 4.69) is 15.3 Å². The van der Waals surface area contributed by atoms with Gasteiger partial charge in [-0.25, -0.2) is 9.79 Å². The van der Waals surface area contributed by atoms with Gasteiger partial charge in [0.1, 0.15) is 0 Å². The first-order valence-electron chi connectivity index (χ1n) is 5.47. The van der Waals surface area contributed by atoms with Crippen LogP contribution >= 0.6 is 0 Å². The van der Waals surface area contributed by atoms with E-state index in [1.165, 1.54) is 0 Å². The summed E-state index contributed by atoms with van der Waals surface area (Å²) in [4.78, 5) is 21.2. The van der Waals surface area contributed by atoms with Crippen LogP contribution in [0.15, 0.2) is 29.5 Å². The van der Waals surface area contributed by atoms with Crippen LogP contribution in [0.4, 0.5) is 10.5 Å². The van der Waals surface area contributed by atoms with Crippen LogP contribution in [0.3, 0.4) is 0 Å². The lowest BCUT2D eigenvalue weighted by Gasteiger charge is -2.18. The lowest BCUT2D eigenvalue weighted by atomic mass is 10.4. The van der Waals surface area contributed by atoms with Crippen LogP contribution in [-0.4, -0.2) is 35.0 Å². The molecule has 0 aliphatic carbocycles. The quantitative estimate of drug-likeness (QED) is 0.607. The van der Waals surface area contributed by atoms with Crippen molar-refractivity contribution in [2.75, 3.05) is 13.1 Å². The summed E-state index contributed by atoms with van der Waals surface area (Å²) in [5.74, 6) is 0.0647. The number of rotatable bonds is 3. The number of guanidine groups is 1. The summed E-state index contributed by atoms with van der Waals surface area (Å²) in [6, 6.07) is 3.25. The zero-order valence-electron chi connectivity index (χ0n) is 10.1. The highest BCUT2D eigenvalue weighted by Gasteiger charge is 2.09. The van der Waals surface area contributed by atoms with Gasteiger partial charge in [0, 0.05) is 19.3 Å². The van der Waals surface area contributed by atoms with Gasteiger partial charge in [-0.2, -0.15) is 0 Å². The Hall–Kier alpha value is -2.11. The van der Waals surface area contributed by atoms with Crippen LogP contribution in [0.1, 0.15) is 13.8 Å². The average Bonchev–Trinajstić information content (AvgIpc) is 2.31. The van der Waals surface area contributed by atoms with Crippen LogP contribution in [0.25, 0.3) is 0 Å². The number of aromatic nitrogens is 1. The molecule has 1 aromatic rings. The first-order valence-corrected chi connectivity index (χ1v) is 5.47. The Morgan fingerprint density at radius 2 is 2.24 bits per heavy atom. The molecule has 92 valence electrons. The van der Waals surface area contributed by atoms with Gasteiger partial charge >= 0.3 is 6.03 Å². The second-order valence-electron chi connectivity index (χ2n) is 3.31. The minimum absolute atomic E-state index is 0.0647. The smallest absolute Gasteiger partial charge is 0.324 e. The van der Waals surface area contributed by atoms with E-state index >= 15 is 0 Å². The molecule has 6 nitrogen and oxygen atoms in total. The van der Waals surface area contributed by atoms with Crippen molar-refractivity contribution in [3.63, 3.8) is 0 Å². The number of carbonyl (C=O) groups excluding carboxylic acids is 1. The molecule has 0 atom stereocenters. The molecule has 1 heterocycles. The van der Waals surface area contributed by atoms with E-state index in [1.54, 1.807) is 29.4 Å². The molecule has 0 unspecified atom stereocenters. The summed E-state index contributed by atoms with van der Waals surface area (Å²) in [6.07, 6.45) is 3.21. The number of nitrogens with one attached hydrogen (secondary N) is 1. The topological polar surface area (TPSA) is 83.6 Å². The highest BCUT2D eigenvalue weighted by Crippen LogP contribution is 2.06.